The van der Waals surface area contributed by atoms with E-state index in [1.807, 2.05) is 26.8 Å². The molecule has 0 radical (unpaired) electrons. The second-order valence-corrected chi connectivity index (χ2v) is 11.0. The van der Waals surface area contributed by atoms with Crippen molar-refractivity contribution in [2.24, 2.45) is 0 Å². The third kappa shape index (κ3) is 5.13. The number of hydrogen-bond acceptors (Lipinski definition) is 3. The Morgan fingerprint density at radius 2 is 1.71 bits per heavy atom. The molecule has 178 valence electrons. The van der Waals surface area contributed by atoms with Crippen LogP contribution in [0.1, 0.15) is 64.0 Å². The van der Waals surface area contributed by atoms with Gasteiger partial charge < -0.3 is 5.32 Å². The number of carbonyl (C=O) groups excluding carboxylic acids is 1. The van der Waals surface area contributed by atoms with Crippen molar-refractivity contribution in [3.8, 4) is 0 Å². The average Bonchev–Trinajstić information content (AvgIpc) is 2.81. The quantitative estimate of drug-likeness (QED) is 0.431. The number of rotatable bonds is 6. The van der Waals surface area contributed by atoms with Gasteiger partial charge in [0.1, 0.15) is 4.90 Å². The fourth-order valence-electron chi connectivity index (χ4n) is 4.30. The first-order valence-electron chi connectivity index (χ1n) is 11.5. The van der Waals surface area contributed by atoms with Gasteiger partial charge in [0.25, 0.3) is 15.9 Å². The van der Waals surface area contributed by atoms with Crippen molar-refractivity contribution >= 4 is 33.2 Å². The molecule has 1 amide bonds. The molecule has 1 atom stereocenters. The summed E-state index contributed by atoms with van der Waals surface area (Å²) >= 11 is 6.24. The predicted molar refractivity (Wildman–Crippen MR) is 137 cm³/mol. The van der Waals surface area contributed by atoms with Crippen LogP contribution < -0.4 is 10.0 Å². The number of nitrogens with one attached hydrogen (secondary N) is 2. The first-order chi connectivity index (χ1) is 16.2. The molecular weight excluding hydrogens is 468 g/mol. The van der Waals surface area contributed by atoms with Crippen LogP contribution in [0.15, 0.2) is 59.5 Å². The van der Waals surface area contributed by atoms with Gasteiger partial charge in [-0.2, -0.15) is 0 Å². The van der Waals surface area contributed by atoms with Crippen LogP contribution in [-0.2, 0) is 22.9 Å². The molecule has 0 spiro atoms. The normalized spacial score (nSPS) is 14.2. The van der Waals surface area contributed by atoms with Crippen LogP contribution in [0.3, 0.4) is 0 Å². The van der Waals surface area contributed by atoms with Gasteiger partial charge in [-0.05, 0) is 98.5 Å². The maximum atomic E-state index is 13.1. The molecule has 0 heterocycles. The van der Waals surface area contributed by atoms with E-state index in [1.165, 1.54) is 42.2 Å². The Labute approximate surface area is 206 Å². The Balaban J connectivity index is 1.55. The highest BCUT2D eigenvalue weighted by Crippen LogP contribution is 2.28. The molecule has 5 nitrogen and oxygen atoms in total. The summed E-state index contributed by atoms with van der Waals surface area (Å²) in [7, 11) is -3.99. The summed E-state index contributed by atoms with van der Waals surface area (Å²) in [5, 5.41) is 3.04. The second kappa shape index (κ2) is 9.80. The molecule has 0 aromatic heterocycles. The molecule has 2 N–H and O–H groups in total. The van der Waals surface area contributed by atoms with Gasteiger partial charge in [-0.3, -0.25) is 9.52 Å². The summed E-state index contributed by atoms with van der Waals surface area (Å²) < 4.78 is 28.8. The topological polar surface area (TPSA) is 75.3 Å². The van der Waals surface area contributed by atoms with Crippen molar-refractivity contribution < 1.29 is 13.2 Å². The molecule has 0 saturated heterocycles. The fourth-order valence-corrected chi connectivity index (χ4v) is 5.95. The summed E-state index contributed by atoms with van der Waals surface area (Å²) in [6.45, 7) is 5.69. The van der Waals surface area contributed by atoms with Crippen LogP contribution in [-0.4, -0.2) is 14.3 Å². The van der Waals surface area contributed by atoms with Crippen LogP contribution in [0.25, 0.3) is 0 Å². The largest absolute Gasteiger partial charge is 0.346 e. The van der Waals surface area contributed by atoms with Gasteiger partial charge in [0, 0.05) is 5.56 Å². The molecule has 0 bridgehead atoms. The van der Waals surface area contributed by atoms with Crippen LogP contribution in [0.2, 0.25) is 5.02 Å². The number of halogens is 1. The lowest BCUT2D eigenvalue weighted by molar-refractivity contribution is 0.0939. The minimum atomic E-state index is -3.99. The van der Waals surface area contributed by atoms with Crippen LogP contribution >= 0.6 is 11.6 Å². The first-order valence-corrected chi connectivity index (χ1v) is 13.3. The molecule has 3 aromatic rings. The van der Waals surface area contributed by atoms with E-state index in [2.05, 4.69) is 28.2 Å². The molecule has 0 fully saturated rings. The SMILES string of the molecule is Cc1cccc(NS(=O)(=O)c2cc(C(=O)N[C@H](C)c3ccc4c(c3)CCCC4)ccc2Cl)c1C. The van der Waals surface area contributed by atoms with E-state index in [0.717, 1.165) is 29.5 Å². The van der Waals surface area contributed by atoms with Gasteiger partial charge in [-0.15, -0.1) is 0 Å². The molecule has 0 saturated carbocycles. The molecule has 1 aliphatic rings. The second-order valence-electron chi connectivity index (χ2n) is 8.93. The van der Waals surface area contributed by atoms with E-state index in [1.54, 1.807) is 12.1 Å². The van der Waals surface area contributed by atoms with E-state index >= 15 is 0 Å². The van der Waals surface area contributed by atoms with Crippen molar-refractivity contribution in [2.45, 2.75) is 57.4 Å². The zero-order valence-corrected chi connectivity index (χ0v) is 21.2. The van der Waals surface area contributed by atoms with Crippen molar-refractivity contribution in [3.05, 3.63) is 93.0 Å². The minimum Gasteiger partial charge on any atom is -0.346 e. The van der Waals surface area contributed by atoms with Gasteiger partial charge in [0.05, 0.1) is 16.8 Å². The average molecular weight is 497 g/mol. The van der Waals surface area contributed by atoms with Crippen molar-refractivity contribution in [1.82, 2.24) is 5.32 Å². The summed E-state index contributed by atoms with van der Waals surface area (Å²) in [4.78, 5) is 12.9. The summed E-state index contributed by atoms with van der Waals surface area (Å²) in [6, 6.07) is 15.9. The fraction of sp³-hybridized carbons (Fsp3) is 0.296. The lowest BCUT2D eigenvalue weighted by Gasteiger charge is -2.20. The number of fused-ring (bicyclic) bond motifs is 1. The first kappa shape index (κ1) is 24.3. The Morgan fingerprint density at radius 3 is 2.47 bits per heavy atom. The highest BCUT2D eigenvalue weighted by Gasteiger charge is 2.22. The van der Waals surface area contributed by atoms with E-state index in [-0.39, 0.29) is 27.4 Å². The molecule has 7 heteroatoms. The molecule has 0 unspecified atom stereocenters. The van der Waals surface area contributed by atoms with Gasteiger partial charge >= 0.3 is 0 Å². The molecule has 4 rings (SSSR count). The summed E-state index contributed by atoms with van der Waals surface area (Å²) in [5.74, 6) is -0.356. The number of hydrogen-bond donors (Lipinski definition) is 2. The number of aryl methyl sites for hydroxylation is 3. The summed E-state index contributed by atoms with van der Waals surface area (Å²) in [6.07, 6.45) is 4.58. The number of benzene rings is 3. The Kier molecular flexibility index (Phi) is 7.01. The highest BCUT2D eigenvalue weighted by molar-refractivity contribution is 7.92. The molecule has 34 heavy (non-hydrogen) atoms. The van der Waals surface area contributed by atoms with Crippen molar-refractivity contribution in [2.75, 3.05) is 4.72 Å². The lowest BCUT2D eigenvalue weighted by atomic mass is 9.89. The third-order valence-corrected chi connectivity index (χ3v) is 8.40. The predicted octanol–water partition coefficient (Wildman–Crippen LogP) is 6.13. The van der Waals surface area contributed by atoms with Crippen molar-refractivity contribution in [1.29, 1.82) is 0 Å². The Morgan fingerprint density at radius 1 is 0.971 bits per heavy atom. The Hall–Kier alpha value is -2.83. The monoisotopic (exact) mass is 496 g/mol. The smallest absolute Gasteiger partial charge is 0.263 e. The number of carbonyl (C=O) groups is 1. The van der Waals surface area contributed by atoms with Gasteiger partial charge in [-0.1, -0.05) is 41.9 Å². The number of sulfonamides is 1. The third-order valence-electron chi connectivity index (χ3n) is 6.55. The Bertz CT molecular complexity index is 1350. The van der Waals surface area contributed by atoms with Crippen LogP contribution in [0.5, 0.6) is 0 Å². The maximum absolute atomic E-state index is 13.1. The zero-order chi connectivity index (χ0) is 24.5. The van der Waals surface area contributed by atoms with E-state index < -0.39 is 10.0 Å². The van der Waals surface area contributed by atoms with Gasteiger partial charge in [-0.25, -0.2) is 8.42 Å². The number of amides is 1. The zero-order valence-electron chi connectivity index (χ0n) is 19.6. The number of anilines is 1. The van der Waals surface area contributed by atoms with E-state index in [4.69, 9.17) is 11.6 Å². The molecule has 3 aromatic carbocycles. The summed E-state index contributed by atoms with van der Waals surface area (Å²) in [5.41, 5.74) is 6.28. The molecular formula is C27H29ClN2O3S. The molecule has 1 aliphatic carbocycles. The maximum Gasteiger partial charge on any atom is 0.263 e. The minimum absolute atomic E-state index is 0.0529. The van der Waals surface area contributed by atoms with Gasteiger partial charge in [0.15, 0.2) is 0 Å². The van der Waals surface area contributed by atoms with Crippen molar-refractivity contribution in [3.63, 3.8) is 0 Å². The molecule has 0 aliphatic heterocycles. The standard InChI is InChI=1S/C27H29ClN2O3S/c1-17-7-6-10-25(18(17)2)30-34(32,33)26-16-23(13-14-24(26)28)27(31)29-19(3)21-12-11-20-8-4-5-9-22(20)15-21/h6-7,10-16,19,30H,4-5,8-9H2,1-3H3,(H,29,31)/t19-/m1/s1. The van der Waals surface area contributed by atoms with Crippen LogP contribution in [0.4, 0.5) is 5.69 Å². The van der Waals surface area contributed by atoms with E-state index in [9.17, 15) is 13.2 Å². The van der Waals surface area contributed by atoms with Gasteiger partial charge in [0.2, 0.25) is 0 Å². The van der Waals surface area contributed by atoms with Crippen LogP contribution in [0, 0.1) is 13.8 Å². The lowest BCUT2D eigenvalue weighted by Crippen LogP contribution is -2.27. The van der Waals surface area contributed by atoms with E-state index in [0.29, 0.717) is 5.69 Å². The highest BCUT2D eigenvalue weighted by atomic mass is 35.5.